The largest absolute Gasteiger partial charge is 0.458 e. The Morgan fingerprint density at radius 3 is 2.47 bits per heavy atom. The Morgan fingerprint density at radius 1 is 1.41 bits per heavy atom. The van der Waals surface area contributed by atoms with E-state index in [-0.39, 0.29) is 11.9 Å². The summed E-state index contributed by atoms with van der Waals surface area (Å²) in [4.78, 5) is 25.3. The molecule has 1 aliphatic heterocycles. The summed E-state index contributed by atoms with van der Waals surface area (Å²) in [7, 11) is 0. The Kier molecular flexibility index (Phi) is 4.14. The van der Waals surface area contributed by atoms with Gasteiger partial charge in [0.05, 0.1) is 6.04 Å². The molecule has 0 saturated carbocycles. The fraction of sp³-hybridized carbons (Fsp3) is 0.833. The average molecular weight is 242 g/mol. The van der Waals surface area contributed by atoms with E-state index in [0.29, 0.717) is 13.0 Å². The third-order valence-electron chi connectivity index (χ3n) is 2.60. The second-order valence-corrected chi connectivity index (χ2v) is 5.51. The first kappa shape index (κ1) is 14.0. The molecule has 1 heterocycles. The molecule has 0 aromatic heterocycles. The molecule has 1 saturated heterocycles. The molecule has 0 bridgehead atoms. The van der Waals surface area contributed by atoms with E-state index in [9.17, 15) is 9.59 Å². The van der Waals surface area contributed by atoms with Crippen LogP contribution < -0.4 is 5.73 Å². The number of hydrogen-bond acceptors (Lipinski definition) is 4. The van der Waals surface area contributed by atoms with Gasteiger partial charge in [-0.3, -0.25) is 4.79 Å². The molecule has 17 heavy (non-hydrogen) atoms. The van der Waals surface area contributed by atoms with Gasteiger partial charge in [-0.25, -0.2) is 4.79 Å². The summed E-state index contributed by atoms with van der Waals surface area (Å²) >= 11 is 0. The standard InChI is InChI=1S/C12H22N2O3/c1-8(13)10(15)14-7-5-6-9(14)11(16)17-12(2,3)4/h8-9H,5-7,13H2,1-4H3/t8-,9+/m1/s1. The summed E-state index contributed by atoms with van der Waals surface area (Å²) in [6, 6.07) is -1.04. The lowest BCUT2D eigenvalue weighted by molar-refractivity contribution is -0.163. The third-order valence-corrected chi connectivity index (χ3v) is 2.60. The molecule has 0 unspecified atom stereocenters. The molecule has 5 heteroatoms. The summed E-state index contributed by atoms with van der Waals surface area (Å²) in [6.07, 6.45) is 1.48. The van der Waals surface area contributed by atoms with Crippen molar-refractivity contribution in [3.63, 3.8) is 0 Å². The summed E-state index contributed by atoms with van der Waals surface area (Å²) < 4.78 is 5.31. The number of carbonyl (C=O) groups excluding carboxylic acids is 2. The van der Waals surface area contributed by atoms with Gasteiger partial charge >= 0.3 is 5.97 Å². The molecule has 1 rings (SSSR count). The first-order valence-electron chi connectivity index (χ1n) is 6.01. The quantitative estimate of drug-likeness (QED) is 0.722. The number of nitrogens with zero attached hydrogens (tertiary/aromatic N) is 1. The van der Waals surface area contributed by atoms with Crippen LogP contribution in [0.5, 0.6) is 0 Å². The Bertz CT molecular complexity index is 307. The topological polar surface area (TPSA) is 72.6 Å². The van der Waals surface area contributed by atoms with E-state index < -0.39 is 17.7 Å². The minimum atomic E-state index is -0.571. The SMILES string of the molecule is C[C@@H](N)C(=O)N1CCC[C@H]1C(=O)OC(C)(C)C. The lowest BCUT2D eigenvalue weighted by Gasteiger charge is -2.28. The van der Waals surface area contributed by atoms with Gasteiger partial charge in [-0.15, -0.1) is 0 Å². The van der Waals surface area contributed by atoms with Crippen LogP contribution in [0.2, 0.25) is 0 Å². The predicted octanol–water partition coefficient (Wildman–Crippen LogP) is 0.666. The van der Waals surface area contributed by atoms with Crippen molar-refractivity contribution < 1.29 is 14.3 Å². The van der Waals surface area contributed by atoms with Gasteiger partial charge in [-0.1, -0.05) is 0 Å². The predicted molar refractivity (Wildman–Crippen MR) is 64.2 cm³/mol. The van der Waals surface area contributed by atoms with Crippen LogP contribution >= 0.6 is 0 Å². The fourth-order valence-electron chi connectivity index (χ4n) is 1.91. The first-order valence-corrected chi connectivity index (χ1v) is 6.01. The zero-order valence-corrected chi connectivity index (χ0v) is 11.0. The molecular weight excluding hydrogens is 220 g/mol. The van der Waals surface area contributed by atoms with Crippen molar-refractivity contribution in [2.75, 3.05) is 6.54 Å². The van der Waals surface area contributed by atoms with Crippen molar-refractivity contribution >= 4 is 11.9 Å². The van der Waals surface area contributed by atoms with Crippen LogP contribution in [0.25, 0.3) is 0 Å². The van der Waals surface area contributed by atoms with Gasteiger partial charge in [0.25, 0.3) is 0 Å². The van der Waals surface area contributed by atoms with Crippen molar-refractivity contribution in [3.8, 4) is 0 Å². The number of carbonyl (C=O) groups is 2. The van der Waals surface area contributed by atoms with Crippen molar-refractivity contribution in [3.05, 3.63) is 0 Å². The Labute approximate surface area is 102 Å². The molecule has 0 aliphatic carbocycles. The smallest absolute Gasteiger partial charge is 0.329 e. The van der Waals surface area contributed by atoms with E-state index in [4.69, 9.17) is 10.5 Å². The Morgan fingerprint density at radius 2 is 2.00 bits per heavy atom. The van der Waals surface area contributed by atoms with Crippen LogP contribution in [-0.4, -0.2) is 41.0 Å². The van der Waals surface area contributed by atoms with Gasteiger partial charge in [-0.05, 0) is 40.5 Å². The van der Waals surface area contributed by atoms with Crippen LogP contribution in [0.15, 0.2) is 0 Å². The lowest BCUT2D eigenvalue weighted by atomic mass is 10.1. The van der Waals surface area contributed by atoms with Gasteiger partial charge in [0.2, 0.25) is 5.91 Å². The molecule has 1 fully saturated rings. The molecule has 5 nitrogen and oxygen atoms in total. The average Bonchev–Trinajstić information content (AvgIpc) is 2.61. The number of rotatable bonds is 2. The first-order chi connectivity index (χ1) is 7.72. The van der Waals surface area contributed by atoms with E-state index in [1.807, 2.05) is 20.8 Å². The highest BCUT2D eigenvalue weighted by Gasteiger charge is 2.37. The molecule has 0 spiro atoms. The number of nitrogens with two attached hydrogens (primary N) is 1. The van der Waals surface area contributed by atoms with Crippen molar-refractivity contribution in [2.45, 2.75) is 58.2 Å². The number of hydrogen-bond donors (Lipinski definition) is 1. The minimum Gasteiger partial charge on any atom is -0.458 e. The van der Waals surface area contributed by atoms with Gasteiger partial charge in [0, 0.05) is 6.54 Å². The zero-order valence-electron chi connectivity index (χ0n) is 11.0. The number of likely N-dealkylation sites (tertiary alicyclic amines) is 1. The lowest BCUT2D eigenvalue weighted by Crippen LogP contribution is -2.48. The summed E-state index contributed by atoms with van der Waals surface area (Å²) in [5.41, 5.74) is 5.04. The van der Waals surface area contributed by atoms with Gasteiger partial charge in [-0.2, -0.15) is 0 Å². The molecule has 0 aromatic carbocycles. The molecular formula is C12H22N2O3. The molecule has 0 radical (unpaired) electrons. The molecule has 1 amide bonds. The van der Waals surface area contributed by atoms with Crippen LogP contribution in [-0.2, 0) is 14.3 Å². The van der Waals surface area contributed by atoms with E-state index in [1.54, 1.807) is 11.8 Å². The number of ether oxygens (including phenoxy) is 1. The number of amides is 1. The Hall–Kier alpha value is -1.10. The van der Waals surface area contributed by atoms with Gasteiger partial charge in [0.1, 0.15) is 11.6 Å². The normalized spacial score (nSPS) is 22.4. The van der Waals surface area contributed by atoms with Gasteiger partial charge < -0.3 is 15.4 Å². The molecule has 98 valence electrons. The summed E-state index contributed by atoms with van der Waals surface area (Å²) in [6.45, 7) is 7.67. The maximum absolute atomic E-state index is 11.9. The van der Waals surface area contributed by atoms with E-state index >= 15 is 0 Å². The second kappa shape index (κ2) is 5.04. The van der Waals surface area contributed by atoms with Gasteiger partial charge in [0.15, 0.2) is 0 Å². The highest BCUT2D eigenvalue weighted by atomic mass is 16.6. The van der Waals surface area contributed by atoms with E-state index in [0.717, 1.165) is 6.42 Å². The monoisotopic (exact) mass is 242 g/mol. The molecule has 2 atom stereocenters. The highest BCUT2D eigenvalue weighted by Crippen LogP contribution is 2.21. The maximum atomic E-state index is 11.9. The third kappa shape index (κ3) is 3.70. The Balaban J connectivity index is 2.70. The van der Waals surface area contributed by atoms with Crippen LogP contribution in [0, 0.1) is 0 Å². The summed E-state index contributed by atoms with van der Waals surface area (Å²) in [5, 5.41) is 0. The fourth-order valence-corrected chi connectivity index (χ4v) is 1.91. The highest BCUT2D eigenvalue weighted by molar-refractivity contribution is 5.87. The number of esters is 1. The van der Waals surface area contributed by atoms with Crippen molar-refractivity contribution in [1.82, 2.24) is 4.90 Å². The molecule has 2 N–H and O–H groups in total. The van der Waals surface area contributed by atoms with E-state index in [1.165, 1.54) is 0 Å². The van der Waals surface area contributed by atoms with Crippen molar-refractivity contribution in [1.29, 1.82) is 0 Å². The zero-order chi connectivity index (χ0) is 13.2. The van der Waals surface area contributed by atoms with E-state index in [2.05, 4.69) is 0 Å². The van der Waals surface area contributed by atoms with Crippen molar-refractivity contribution in [2.24, 2.45) is 5.73 Å². The van der Waals surface area contributed by atoms with Crippen LogP contribution in [0.3, 0.4) is 0 Å². The molecule has 1 aliphatic rings. The minimum absolute atomic E-state index is 0.182. The maximum Gasteiger partial charge on any atom is 0.329 e. The van der Waals surface area contributed by atoms with Crippen LogP contribution in [0.1, 0.15) is 40.5 Å². The van der Waals surface area contributed by atoms with Crippen LogP contribution in [0.4, 0.5) is 0 Å². The second-order valence-electron chi connectivity index (χ2n) is 5.51. The molecule has 0 aromatic rings. The summed E-state index contributed by atoms with van der Waals surface area (Å²) in [5.74, 6) is -0.512.